The smallest absolute Gasteiger partial charge is 0.0583 e. The Morgan fingerprint density at radius 3 is 2.88 bits per heavy atom. The Morgan fingerprint density at radius 1 is 1.12 bits per heavy atom. The summed E-state index contributed by atoms with van der Waals surface area (Å²) in [6.45, 7) is 0. The molecular weight excluding hydrogens is 208 g/mol. The van der Waals surface area contributed by atoms with Crippen LogP contribution in [0.15, 0.2) is 48.6 Å². The van der Waals surface area contributed by atoms with E-state index in [1.165, 1.54) is 10.9 Å². The molecule has 0 aliphatic heterocycles. The highest BCUT2D eigenvalue weighted by molar-refractivity contribution is 5.82. The number of allylic oxidation sites excluding steroid dienone is 1. The fourth-order valence-corrected chi connectivity index (χ4v) is 2.45. The monoisotopic (exact) mass is 223 g/mol. The summed E-state index contributed by atoms with van der Waals surface area (Å²) in [4.78, 5) is 0. The number of hydrogen-bond donors (Lipinski definition) is 1. The van der Waals surface area contributed by atoms with Crippen LogP contribution in [0.5, 0.6) is 0 Å². The van der Waals surface area contributed by atoms with Crippen LogP contribution in [-0.4, -0.2) is 11.2 Å². The molecule has 0 bridgehead atoms. The fourth-order valence-electron chi connectivity index (χ4n) is 2.45. The van der Waals surface area contributed by atoms with Crippen molar-refractivity contribution >= 4 is 10.8 Å². The molecular formula is C16H15O. The standard InChI is InChI=1S/C16H15O/c17-16-7-3-6-14(11-16)15-9-8-12-4-1-2-5-13(12)10-15/h1-6,8-9,14,16-17H,7,11H2. The second-order valence-corrected chi connectivity index (χ2v) is 4.66. The third kappa shape index (κ3) is 2.11. The molecule has 0 spiro atoms. The van der Waals surface area contributed by atoms with Gasteiger partial charge < -0.3 is 5.11 Å². The topological polar surface area (TPSA) is 20.2 Å². The van der Waals surface area contributed by atoms with Gasteiger partial charge in [-0.25, -0.2) is 0 Å². The lowest BCUT2D eigenvalue weighted by atomic mass is 9.87. The maximum Gasteiger partial charge on any atom is 0.0583 e. The molecule has 1 aliphatic carbocycles. The summed E-state index contributed by atoms with van der Waals surface area (Å²) < 4.78 is 0. The first-order valence-corrected chi connectivity index (χ1v) is 6.08. The molecule has 0 amide bonds. The summed E-state index contributed by atoms with van der Waals surface area (Å²) in [6, 6.07) is 16.0. The molecule has 1 radical (unpaired) electrons. The number of aliphatic hydroxyl groups is 1. The van der Waals surface area contributed by atoms with Crippen LogP contribution in [0.4, 0.5) is 0 Å². The number of benzene rings is 2. The van der Waals surface area contributed by atoms with Gasteiger partial charge in [0.25, 0.3) is 0 Å². The van der Waals surface area contributed by atoms with Gasteiger partial charge in [-0.15, -0.1) is 0 Å². The van der Waals surface area contributed by atoms with E-state index in [9.17, 15) is 5.11 Å². The Labute approximate surface area is 101 Å². The quantitative estimate of drug-likeness (QED) is 0.734. The predicted molar refractivity (Wildman–Crippen MR) is 69.9 cm³/mol. The first-order valence-electron chi connectivity index (χ1n) is 6.08. The maximum atomic E-state index is 9.69. The van der Waals surface area contributed by atoms with Gasteiger partial charge in [0.15, 0.2) is 0 Å². The molecule has 0 saturated heterocycles. The predicted octanol–water partition coefficient (Wildman–Crippen LogP) is 3.43. The molecule has 1 aliphatic rings. The van der Waals surface area contributed by atoms with Crippen molar-refractivity contribution in [3.8, 4) is 0 Å². The third-order valence-electron chi connectivity index (χ3n) is 3.38. The SMILES string of the molecule is OC1CC=CC(c2[c]c3ccccc3cc2)C1. The molecule has 3 rings (SSSR count). The molecule has 1 heteroatoms. The van der Waals surface area contributed by atoms with E-state index < -0.39 is 0 Å². The van der Waals surface area contributed by atoms with Crippen molar-refractivity contribution in [2.45, 2.75) is 24.9 Å². The Kier molecular flexibility index (Phi) is 2.69. The summed E-state index contributed by atoms with van der Waals surface area (Å²) in [5.41, 5.74) is 1.18. The van der Waals surface area contributed by atoms with Crippen molar-refractivity contribution in [2.75, 3.05) is 0 Å². The molecule has 2 aromatic carbocycles. The Hall–Kier alpha value is -1.60. The van der Waals surface area contributed by atoms with Gasteiger partial charge in [-0.2, -0.15) is 0 Å². The molecule has 0 heterocycles. The zero-order valence-electron chi connectivity index (χ0n) is 9.63. The highest BCUT2D eigenvalue weighted by Crippen LogP contribution is 2.29. The van der Waals surface area contributed by atoms with Gasteiger partial charge in [0, 0.05) is 5.92 Å². The van der Waals surface area contributed by atoms with Gasteiger partial charge in [-0.3, -0.25) is 0 Å². The molecule has 1 N–H and O–H groups in total. The molecule has 85 valence electrons. The number of rotatable bonds is 1. The minimum atomic E-state index is -0.204. The summed E-state index contributed by atoms with van der Waals surface area (Å²) in [6.07, 6.45) is 5.65. The molecule has 0 saturated carbocycles. The van der Waals surface area contributed by atoms with Gasteiger partial charge in [-0.1, -0.05) is 48.6 Å². The van der Waals surface area contributed by atoms with Gasteiger partial charge in [-0.05, 0) is 35.2 Å². The number of hydrogen-bond acceptors (Lipinski definition) is 1. The number of fused-ring (bicyclic) bond motifs is 1. The summed E-state index contributed by atoms with van der Waals surface area (Å²) in [5, 5.41) is 12.1. The van der Waals surface area contributed by atoms with E-state index in [-0.39, 0.29) is 6.10 Å². The van der Waals surface area contributed by atoms with E-state index in [1.54, 1.807) is 0 Å². The van der Waals surface area contributed by atoms with E-state index in [2.05, 4.69) is 42.5 Å². The van der Waals surface area contributed by atoms with Crippen LogP contribution in [0.3, 0.4) is 0 Å². The Morgan fingerprint density at radius 2 is 2.00 bits per heavy atom. The molecule has 2 atom stereocenters. The largest absolute Gasteiger partial charge is 0.393 e. The highest BCUT2D eigenvalue weighted by Gasteiger charge is 2.17. The summed E-state index contributed by atoms with van der Waals surface area (Å²) in [7, 11) is 0. The fraction of sp³-hybridized carbons (Fsp3) is 0.250. The maximum absolute atomic E-state index is 9.69. The Balaban J connectivity index is 2.00. The normalized spacial score (nSPS) is 24.1. The van der Waals surface area contributed by atoms with Crippen LogP contribution in [0, 0.1) is 6.07 Å². The molecule has 0 aromatic heterocycles. The van der Waals surface area contributed by atoms with Crippen LogP contribution in [0.1, 0.15) is 24.3 Å². The molecule has 2 unspecified atom stereocenters. The number of aliphatic hydroxyl groups excluding tert-OH is 1. The van der Waals surface area contributed by atoms with Gasteiger partial charge in [0.05, 0.1) is 6.10 Å². The zero-order valence-corrected chi connectivity index (χ0v) is 9.63. The highest BCUT2D eigenvalue weighted by atomic mass is 16.3. The van der Waals surface area contributed by atoms with E-state index in [1.807, 2.05) is 12.1 Å². The van der Waals surface area contributed by atoms with Crippen molar-refractivity contribution in [3.63, 3.8) is 0 Å². The molecule has 1 nitrogen and oxygen atoms in total. The third-order valence-corrected chi connectivity index (χ3v) is 3.38. The minimum absolute atomic E-state index is 0.204. The first kappa shape index (κ1) is 10.5. The van der Waals surface area contributed by atoms with Crippen molar-refractivity contribution in [2.24, 2.45) is 0 Å². The second-order valence-electron chi connectivity index (χ2n) is 4.66. The zero-order chi connectivity index (χ0) is 11.7. The molecule has 2 aromatic rings. The van der Waals surface area contributed by atoms with E-state index in [0.717, 1.165) is 18.2 Å². The van der Waals surface area contributed by atoms with Crippen LogP contribution in [-0.2, 0) is 0 Å². The summed E-state index contributed by atoms with van der Waals surface area (Å²) in [5.74, 6) is 0.309. The van der Waals surface area contributed by atoms with Crippen LogP contribution < -0.4 is 0 Å². The van der Waals surface area contributed by atoms with Crippen LogP contribution >= 0.6 is 0 Å². The van der Waals surface area contributed by atoms with Crippen molar-refractivity contribution in [1.29, 1.82) is 0 Å². The van der Waals surface area contributed by atoms with Crippen LogP contribution in [0.25, 0.3) is 10.8 Å². The molecule has 0 fully saturated rings. The average molecular weight is 223 g/mol. The van der Waals surface area contributed by atoms with Gasteiger partial charge in [0.2, 0.25) is 0 Å². The van der Waals surface area contributed by atoms with Crippen molar-refractivity contribution in [3.05, 3.63) is 60.2 Å². The van der Waals surface area contributed by atoms with Crippen molar-refractivity contribution in [1.82, 2.24) is 0 Å². The van der Waals surface area contributed by atoms with E-state index in [4.69, 9.17) is 0 Å². The lowest BCUT2D eigenvalue weighted by molar-refractivity contribution is 0.158. The van der Waals surface area contributed by atoms with Crippen LogP contribution in [0.2, 0.25) is 0 Å². The summed E-state index contributed by atoms with van der Waals surface area (Å²) >= 11 is 0. The van der Waals surface area contributed by atoms with Gasteiger partial charge in [0.1, 0.15) is 0 Å². The van der Waals surface area contributed by atoms with E-state index >= 15 is 0 Å². The van der Waals surface area contributed by atoms with Gasteiger partial charge >= 0.3 is 0 Å². The lowest BCUT2D eigenvalue weighted by Crippen LogP contribution is -2.14. The lowest BCUT2D eigenvalue weighted by Gasteiger charge is -2.21. The minimum Gasteiger partial charge on any atom is -0.393 e. The Bertz CT molecular complexity index is 556. The first-order chi connectivity index (χ1) is 8.33. The van der Waals surface area contributed by atoms with E-state index in [0.29, 0.717) is 5.92 Å². The second kappa shape index (κ2) is 4.34. The van der Waals surface area contributed by atoms with Crippen molar-refractivity contribution < 1.29 is 5.11 Å². The average Bonchev–Trinajstić information content (AvgIpc) is 2.38. The molecule has 17 heavy (non-hydrogen) atoms.